The second kappa shape index (κ2) is 10.1. The maximum absolute atomic E-state index is 12.9. The molecule has 6 nitrogen and oxygen atoms in total. The Balaban J connectivity index is 1.33. The number of carbonyl (C=O) groups excluding carboxylic acids is 2. The van der Waals surface area contributed by atoms with E-state index in [1.54, 1.807) is 30.3 Å². The maximum atomic E-state index is 12.9. The molecule has 4 rings (SSSR count). The van der Waals surface area contributed by atoms with Gasteiger partial charge >= 0.3 is 0 Å². The van der Waals surface area contributed by atoms with Crippen molar-refractivity contribution in [3.8, 4) is 5.75 Å². The van der Waals surface area contributed by atoms with E-state index in [0.717, 1.165) is 16.8 Å². The third-order valence-electron chi connectivity index (χ3n) is 4.59. The molecular formula is C25H20FN3O3S. The van der Waals surface area contributed by atoms with Crippen LogP contribution in [0.2, 0.25) is 0 Å². The average Bonchev–Trinajstić information content (AvgIpc) is 3.15. The van der Waals surface area contributed by atoms with Crippen LogP contribution in [0.3, 0.4) is 0 Å². The molecule has 0 aromatic heterocycles. The van der Waals surface area contributed by atoms with Crippen molar-refractivity contribution in [3.63, 3.8) is 0 Å². The maximum Gasteiger partial charge on any atom is 0.264 e. The predicted molar refractivity (Wildman–Crippen MR) is 129 cm³/mol. The highest BCUT2D eigenvalue weighted by atomic mass is 32.2. The van der Waals surface area contributed by atoms with E-state index >= 15 is 0 Å². The van der Waals surface area contributed by atoms with E-state index in [-0.39, 0.29) is 24.2 Å². The summed E-state index contributed by atoms with van der Waals surface area (Å²) in [6, 6.07) is 20.2. The number of carbonyl (C=O) groups is 2. The lowest BCUT2D eigenvalue weighted by Crippen LogP contribution is -2.20. The summed E-state index contributed by atoms with van der Waals surface area (Å²) in [5.74, 6) is -0.421. The molecule has 2 amide bonds. The van der Waals surface area contributed by atoms with Gasteiger partial charge in [0.15, 0.2) is 11.8 Å². The van der Waals surface area contributed by atoms with Crippen LogP contribution in [0.1, 0.15) is 11.1 Å². The number of halogens is 1. The Morgan fingerprint density at radius 3 is 2.45 bits per heavy atom. The van der Waals surface area contributed by atoms with Crippen LogP contribution in [0, 0.1) is 12.7 Å². The third kappa shape index (κ3) is 6.30. The summed E-state index contributed by atoms with van der Waals surface area (Å²) in [5.41, 5.74) is 3.22. The number of ether oxygens (including phenoxy) is 1. The van der Waals surface area contributed by atoms with Gasteiger partial charge in [-0.25, -0.2) is 9.38 Å². The van der Waals surface area contributed by atoms with Crippen molar-refractivity contribution in [2.24, 2.45) is 4.99 Å². The monoisotopic (exact) mass is 461 g/mol. The Bertz CT molecular complexity index is 1220. The van der Waals surface area contributed by atoms with Crippen molar-refractivity contribution in [1.29, 1.82) is 0 Å². The molecule has 1 fully saturated rings. The summed E-state index contributed by atoms with van der Waals surface area (Å²) in [7, 11) is 0. The average molecular weight is 462 g/mol. The Hall–Kier alpha value is -3.91. The van der Waals surface area contributed by atoms with Crippen molar-refractivity contribution < 1.29 is 18.7 Å². The topological polar surface area (TPSA) is 79.8 Å². The fourth-order valence-electron chi connectivity index (χ4n) is 2.91. The molecule has 0 bridgehead atoms. The van der Waals surface area contributed by atoms with E-state index < -0.39 is 0 Å². The molecule has 1 aliphatic rings. The van der Waals surface area contributed by atoms with Crippen molar-refractivity contribution in [3.05, 3.63) is 94.6 Å². The number of amidine groups is 1. The first kappa shape index (κ1) is 22.3. The molecule has 1 saturated heterocycles. The Morgan fingerprint density at radius 1 is 1.06 bits per heavy atom. The lowest BCUT2D eigenvalue weighted by atomic mass is 10.2. The lowest BCUT2D eigenvalue weighted by molar-refractivity contribution is -0.118. The van der Waals surface area contributed by atoms with Gasteiger partial charge < -0.3 is 15.4 Å². The van der Waals surface area contributed by atoms with Gasteiger partial charge in [-0.2, -0.15) is 0 Å². The molecule has 0 radical (unpaired) electrons. The molecule has 3 aromatic rings. The van der Waals surface area contributed by atoms with Crippen LogP contribution in [-0.2, 0) is 9.59 Å². The van der Waals surface area contributed by atoms with Gasteiger partial charge in [0.1, 0.15) is 11.6 Å². The van der Waals surface area contributed by atoms with Gasteiger partial charge in [0, 0.05) is 5.69 Å². The van der Waals surface area contributed by atoms with E-state index in [9.17, 15) is 14.0 Å². The SMILES string of the molecule is Cc1ccc(N=C2NC(=O)/C(=C\c3ccc(OCC(=O)Nc4ccc(F)cc4)cc3)S2)cc1. The van der Waals surface area contributed by atoms with Crippen molar-refractivity contribution in [2.45, 2.75) is 6.92 Å². The first-order chi connectivity index (χ1) is 15.9. The molecule has 1 heterocycles. The highest BCUT2D eigenvalue weighted by Crippen LogP contribution is 2.28. The zero-order valence-electron chi connectivity index (χ0n) is 17.7. The number of aryl methyl sites for hydroxylation is 1. The minimum Gasteiger partial charge on any atom is -0.484 e. The summed E-state index contributed by atoms with van der Waals surface area (Å²) in [6.07, 6.45) is 1.77. The van der Waals surface area contributed by atoms with Crippen LogP contribution in [0.4, 0.5) is 15.8 Å². The van der Waals surface area contributed by atoms with Gasteiger partial charge in [0.25, 0.3) is 11.8 Å². The second-order valence-electron chi connectivity index (χ2n) is 7.23. The number of hydrogen-bond donors (Lipinski definition) is 2. The molecule has 2 N–H and O–H groups in total. The molecule has 166 valence electrons. The van der Waals surface area contributed by atoms with E-state index in [1.807, 2.05) is 31.2 Å². The first-order valence-electron chi connectivity index (χ1n) is 10.1. The van der Waals surface area contributed by atoms with Gasteiger partial charge in [-0.1, -0.05) is 29.8 Å². The number of nitrogens with one attached hydrogen (secondary N) is 2. The number of anilines is 1. The fourth-order valence-corrected chi connectivity index (χ4v) is 3.75. The van der Waals surface area contributed by atoms with Crippen LogP contribution < -0.4 is 15.4 Å². The summed E-state index contributed by atoms with van der Waals surface area (Å²) in [4.78, 5) is 29.3. The van der Waals surface area contributed by atoms with Crippen molar-refractivity contribution in [2.75, 3.05) is 11.9 Å². The molecule has 33 heavy (non-hydrogen) atoms. The van der Waals surface area contributed by atoms with Gasteiger partial charge in [-0.05, 0) is 78.9 Å². The highest BCUT2D eigenvalue weighted by Gasteiger charge is 2.23. The van der Waals surface area contributed by atoms with E-state index in [1.165, 1.54) is 36.0 Å². The molecule has 3 aromatic carbocycles. The largest absolute Gasteiger partial charge is 0.484 e. The minimum absolute atomic E-state index is 0.186. The molecule has 0 unspecified atom stereocenters. The number of thioether (sulfide) groups is 1. The summed E-state index contributed by atoms with van der Waals surface area (Å²) < 4.78 is 18.4. The molecular weight excluding hydrogens is 441 g/mol. The molecule has 8 heteroatoms. The smallest absolute Gasteiger partial charge is 0.264 e. The normalized spacial score (nSPS) is 15.5. The van der Waals surface area contributed by atoms with Gasteiger partial charge in [-0.15, -0.1) is 0 Å². The van der Waals surface area contributed by atoms with Gasteiger partial charge in [0.2, 0.25) is 0 Å². The molecule has 0 atom stereocenters. The molecule has 1 aliphatic heterocycles. The standard InChI is InChI=1S/C25H20FN3O3S/c1-16-2-8-20(9-3-16)28-25-29-24(31)22(33-25)14-17-4-12-21(13-5-17)32-15-23(30)27-19-10-6-18(26)7-11-19/h2-14H,15H2,1H3,(H,27,30)(H,28,29,31)/b22-14+. The van der Waals surface area contributed by atoms with Crippen molar-refractivity contribution >= 4 is 46.2 Å². The Labute approximate surface area is 194 Å². The van der Waals surface area contributed by atoms with Crippen LogP contribution in [0.5, 0.6) is 5.75 Å². The fraction of sp³-hybridized carbons (Fsp3) is 0.0800. The van der Waals surface area contributed by atoms with Crippen LogP contribution in [0.15, 0.2) is 82.7 Å². The number of aliphatic imine (C=N–C) groups is 1. The number of hydrogen-bond acceptors (Lipinski definition) is 5. The van der Waals surface area contributed by atoms with Crippen LogP contribution >= 0.6 is 11.8 Å². The molecule has 0 aliphatic carbocycles. The van der Waals surface area contributed by atoms with Crippen LogP contribution in [-0.4, -0.2) is 23.6 Å². The Morgan fingerprint density at radius 2 is 1.76 bits per heavy atom. The Kier molecular flexibility index (Phi) is 6.85. The zero-order chi connectivity index (χ0) is 23.2. The summed E-state index contributed by atoms with van der Waals surface area (Å²) >= 11 is 1.28. The van der Waals surface area contributed by atoms with Gasteiger partial charge in [0.05, 0.1) is 10.6 Å². The second-order valence-corrected chi connectivity index (χ2v) is 8.26. The van der Waals surface area contributed by atoms with E-state index in [0.29, 0.717) is 21.5 Å². The third-order valence-corrected chi connectivity index (χ3v) is 5.50. The summed E-state index contributed by atoms with van der Waals surface area (Å²) in [6.45, 7) is 1.82. The quantitative estimate of drug-likeness (QED) is 0.504. The van der Waals surface area contributed by atoms with Crippen molar-refractivity contribution in [1.82, 2.24) is 5.32 Å². The highest BCUT2D eigenvalue weighted by molar-refractivity contribution is 8.18. The van der Waals surface area contributed by atoms with E-state index in [4.69, 9.17) is 4.74 Å². The number of rotatable bonds is 6. The lowest BCUT2D eigenvalue weighted by Gasteiger charge is -2.08. The number of amides is 2. The molecule has 0 spiro atoms. The minimum atomic E-state index is -0.373. The predicted octanol–water partition coefficient (Wildman–Crippen LogP) is 5.04. The molecule has 0 saturated carbocycles. The van der Waals surface area contributed by atoms with E-state index in [2.05, 4.69) is 15.6 Å². The number of nitrogens with zero attached hydrogens (tertiary/aromatic N) is 1. The zero-order valence-corrected chi connectivity index (χ0v) is 18.5. The summed E-state index contributed by atoms with van der Waals surface area (Å²) in [5, 5.41) is 5.93. The first-order valence-corrected chi connectivity index (χ1v) is 10.9. The van der Waals surface area contributed by atoms with Gasteiger partial charge in [-0.3, -0.25) is 9.59 Å². The van der Waals surface area contributed by atoms with Crippen LogP contribution in [0.25, 0.3) is 6.08 Å². The number of benzene rings is 3.